The number of hydrogen-bond acceptors (Lipinski definition) is 5. The monoisotopic (exact) mass is 401 g/mol. The van der Waals surface area contributed by atoms with Gasteiger partial charge in [-0.1, -0.05) is 18.2 Å². The predicted octanol–water partition coefficient (Wildman–Crippen LogP) is 2.42. The van der Waals surface area contributed by atoms with Gasteiger partial charge in [-0.3, -0.25) is 14.6 Å². The molecule has 4 rings (SSSR count). The number of nitrogens with one attached hydrogen (secondary N) is 1. The second-order valence-corrected chi connectivity index (χ2v) is 8.53. The molecule has 0 aliphatic carbocycles. The lowest BCUT2D eigenvalue weighted by atomic mass is 9.86. The van der Waals surface area contributed by atoms with Gasteiger partial charge in [0.1, 0.15) is 11.3 Å². The van der Waals surface area contributed by atoms with Gasteiger partial charge in [-0.05, 0) is 57.7 Å². The molecule has 6 heteroatoms. The van der Waals surface area contributed by atoms with Crippen molar-refractivity contribution in [3.8, 4) is 5.75 Å². The summed E-state index contributed by atoms with van der Waals surface area (Å²) in [6, 6.07) is 8.33. The zero-order chi connectivity index (χ0) is 19.9. The number of rotatable bonds is 8. The topological polar surface area (TPSA) is 54.0 Å². The molecule has 0 aromatic heterocycles. The van der Waals surface area contributed by atoms with Crippen LogP contribution in [0, 0.1) is 0 Å². The van der Waals surface area contributed by atoms with Gasteiger partial charge in [0.05, 0.1) is 19.8 Å². The zero-order valence-corrected chi connectivity index (χ0v) is 17.5. The summed E-state index contributed by atoms with van der Waals surface area (Å²) in [5, 5.41) is 3.10. The van der Waals surface area contributed by atoms with Crippen LogP contribution < -0.4 is 10.1 Å². The summed E-state index contributed by atoms with van der Waals surface area (Å²) in [5.41, 5.74) is 0.893. The van der Waals surface area contributed by atoms with Crippen molar-refractivity contribution in [1.29, 1.82) is 0 Å². The fraction of sp³-hybridized carbons (Fsp3) is 0.696. The Morgan fingerprint density at radius 3 is 2.76 bits per heavy atom. The first kappa shape index (κ1) is 20.6. The van der Waals surface area contributed by atoms with E-state index in [1.165, 1.54) is 5.56 Å². The molecule has 1 aromatic carbocycles. The van der Waals surface area contributed by atoms with Crippen molar-refractivity contribution >= 4 is 5.91 Å². The lowest BCUT2D eigenvalue weighted by Gasteiger charge is -2.40. The molecule has 6 nitrogen and oxygen atoms in total. The van der Waals surface area contributed by atoms with E-state index in [4.69, 9.17) is 9.47 Å². The molecule has 160 valence electrons. The zero-order valence-electron chi connectivity index (χ0n) is 17.5. The van der Waals surface area contributed by atoms with E-state index < -0.39 is 0 Å². The number of carbonyl (C=O) groups is 1. The second kappa shape index (κ2) is 9.92. The average molecular weight is 402 g/mol. The molecule has 3 heterocycles. The molecule has 0 saturated carbocycles. The van der Waals surface area contributed by atoms with Gasteiger partial charge >= 0.3 is 0 Å². The average Bonchev–Trinajstić information content (AvgIpc) is 3.15. The summed E-state index contributed by atoms with van der Waals surface area (Å²) in [6.45, 7) is 8.29. The van der Waals surface area contributed by atoms with E-state index in [1.807, 2.05) is 6.07 Å². The van der Waals surface area contributed by atoms with Crippen molar-refractivity contribution in [3.63, 3.8) is 0 Å². The number of benzene rings is 1. The second-order valence-electron chi connectivity index (χ2n) is 8.53. The third kappa shape index (κ3) is 4.93. The van der Waals surface area contributed by atoms with Gasteiger partial charge in [-0.2, -0.15) is 0 Å². The molecule has 0 bridgehead atoms. The Morgan fingerprint density at radius 1 is 1.07 bits per heavy atom. The van der Waals surface area contributed by atoms with Crippen LogP contribution in [-0.2, 0) is 16.1 Å². The lowest BCUT2D eigenvalue weighted by molar-refractivity contribution is -0.134. The Bertz CT molecular complexity index is 677. The van der Waals surface area contributed by atoms with E-state index >= 15 is 0 Å². The maximum Gasteiger partial charge on any atom is 0.240 e. The van der Waals surface area contributed by atoms with Crippen LogP contribution in [0.3, 0.4) is 0 Å². The van der Waals surface area contributed by atoms with E-state index in [9.17, 15) is 4.79 Å². The Morgan fingerprint density at radius 2 is 1.90 bits per heavy atom. The van der Waals surface area contributed by atoms with Crippen molar-refractivity contribution in [3.05, 3.63) is 29.8 Å². The normalized spacial score (nSPS) is 26.0. The highest BCUT2D eigenvalue weighted by Crippen LogP contribution is 2.37. The first-order valence-electron chi connectivity index (χ1n) is 11.3. The van der Waals surface area contributed by atoms with E-state index in [0.29, 0.717) is 0 Å². The highest BCUT2D eigenvalue weighted by Gasteiger charge is 2.48. The molecule has 3 saturated heterocycles. The molecule has 1 unspecified atom stereocenters. The highest BCUT2D eigenvalue weighted by atomic mass is 16.5. The highest BCUT2D eigenvalue weighted by molar-refractivity contribution is 5.87. The molecule has 3 fully saturated rings. The summed E-state index contributed by atoms with van der Waals surface area (Å²) in [6.07, 6.45) is 6.33. The maximum atomic E-state index is 12.7. The lowest BCUT2D eigenvalue weighted by Crippen LogP contribution is -2.58. The van der Waals surface area contributed by atoms with E-state index in [2.05, 4.69) is 33.3 Å². The van der Waals surface area contributed by atoms with Crippen LogP contribution in [-0.4, -0.2) is 73.8 Å². The number of likely N-dealkylation sites (tertiary alicyclic amines) is 1. The number of para-hydroxylation sites is 1. The van der Waals surface area contributed by atoms with Crippen molar-refractivity contribution in [1.82, 2.24) is 15.1 Å². The summed E-state index contributed by atoms with van der Waals surface area (Å²) < 4.78 is 11.6. The minimum Gasteiger partial charge on any atom is -0.493 e. The van der Waals surface area contributed by atoms with E-state index in [0.717, 1.165) is 103 Å². The summed E-state index contributed by atoms with van der Waals surface area (Å²) in [5.74, 6) is 1.19. The van der Waals surface area contributed by atoms with Crippen molar-refractivity contribution in [2.75, 3.05) is 52.5 Å². The number of piperidine rings is 1. The third-order valence-corrected chi connectivity index (χ3v) is 6.66. The molecule has 1 aromatic rings. The Hall–Kier alpha value is -1.63. The fourth-order valence-electron chi connectivity index (χ4n) is 4.99. The largest absolute Gasteiger partial charge is 0.493 e. The maximum absolute atomic E-state index is 12.7. The molecule has 1 spiro atoms. The molecule has 1 N–H and O–H groups in total. The minimum absolute atomic E-state index is 0.225. The Balaban J connectivity index is 1.29. The van der Waals surface area contributed by atoms with Crippen LogP contribution in [0.2, 0.25) is 0 Å². The molecular weight excluding hydrogens is 366 g/mol. The predicted molar refractivity (Wildman–Crippen MR) is 113 cm³/mol. The number of morpholine rings is 1. The summed E-state index contributed by atoms with van der Waals surface area (Å²) in [7, 11) is 0. The smallest absolute Gasteiger partial charge is 0.240 e. The minimum atomic E-state index is -0.302. The SMILES string of the molecule is O=C1NCCCC12CCCN2Cc1ccccc1OCCCCN1CCOCC1. The number of amides is 1. The van der Waals surface area contributed by atoms with E-state index in [-0.39, 0.29) is 11.4 Å². The third-order valence-electron chi connectivity index (χ3n) is 6.66. The summed E-state index contributed by atoms with van der Waals surface area (Å²) >= 11 is 0. The number of hydrogen-bond donors (Lipinski definition) is 1. The standard InChI is InChI=1S/C23H35N3O3/c27-22-23(9-5-11-24-22)10-6-13-26(23)19-20-7-1-2-8-21(20)29-16-4-3-12-25-14-17-28-18-15-25/h1-2,7-8H,3-6,9-19H2,(H,24,27). The van der Waals surface area contributed by atoms with Crippen molar-refractivity contribution in [2.45, 2.75) is 50.6 Å². The van der Waals surface area contributed by atoms with Gasteiger partial charge in [-0.25, -0.2) is 0 Å². The van der Waals surface area contributed by atoms with E-state index in [1.54, 1.807) is 0 Å². The van der Waals surface area contributed by atoms with Gasteiger partial charge in [-0.15, -0.1) is 0 Å². The Kier molecular flexibility index (Phi) is 7.06. The number of ether oxygens (including phenoxy) is 2. The van der Waals surface area contributed by atoms with Crippen molar-refractivity contribution < 1.29 is 14.3 Å². The van der Waals surface area contributed by atoms with Gasteiger partial charge in [0.2, 0.25) is 5.91 Å². The van der Waals surface area contributed by atoms with Crippen LogP contribution in [0.15, 0.2) is 24.3 Å². The number of unbranched alkanes of at least 4 members (excludes halogenated alkanes) is 1. The van der Waals surface area contributed by atoms with Crippen molar-refractivity contribution in [2.24, 2.45) is 0 Å². The van der Waals surface area contributed by atoms with Crippen LogP contribution in [0.25, 0.3) is 0 Å². The molecule has 1 atom stereocenters. The molecule has 0 radical (unpaired) electrons. The van der Waals surface area contributed by atoms with Crippen LogP contribution in [0.1, 0.15) is 44.1 Å². The Labute approximate surface area is 174 Å². The fourth-order valence-corrected chi connectivity index (χ4v) is 4.99. The summed E-state index contributed by atoms with van der Waals surface area (Å²) in [4.78, 5) is 17.5. The number of nitrogens with zero attached hydrogens (tertiary/aromatic N) is 2. The molecule has 1 amide bonds. The first-order valence-corrected chi connectivity index (χ1v) is 11.3. The van der Waals surface area contributed by atoms with Gasteiger partial charge in [0, 0.05) is 31.7 Å². The number of carbonyl (C=O) groups excluding carboxylic acids is 1. The first-order chi connectivity index (χ1) is 14.3. The van der Waals surface area contributed by atoms with Crippen LogP contribution >= 0.6 is 0 Å². The quantitative estimate of drug-likeness (QED) is 0.678. The molecular formula is C23H35N3O3. The van der Waals surface area contributed by atoms with Crippen LogP contribution in [0.5, 0.6) is 5.75 Å². The molecule has 3 aliphatic rings. The van der Waals surface area contributed by atoms with Crippen LogP contribution in [0.4, 0.5) is 0 Å². The molecule has 3 aliphatic heterocycles. The van der Waals surface area contributed by atoms with Gasteiger partial charge in [0.15, 0.2) is 0 Å². The molecule has 29 heavy (non-hydrogen) atoms. The van der Waals surface area contributed by atoms with Gasteiger partial charge in [0.25, 0.3) is 0 Å². The van der Waals surface area contributed by atoms with Gasteiger partial charge < -0.3 is 14.8 Å².